The molecular weight excluding hydrogens is 485 g/mol. The van der Waals surface area contributed by atoms with Gasteiger partial charge in [0.25, 0.3) is 0 Å². The van der Waals surface area contributed by atoms with Crippen LogP contribution < -0.4 is 4.74 Å². The Bertz CT molecular complexity index is 1230. The summed E-state index contributed by atoms with van der Waals surface area (Å²) < 4.78 is 102. The van der Waals surface area contributed by atoms with Crippen LogP contribution in [0.2, 0.25) is 0 Å². The predicted octanol–water partition coefficient (Wildman–Crippen LogP) is 8.72. The fraction of sp³-hybridized carbons (Fsp3) is 0.357. The standard InChI is InChI=1S/C28H23F7O/c1-14-6-17-8-19(9-18(17)7-14)15-2-4-16(5-3-15)20-10-22(29)26(23(30)11-20)28(34,35)36-21-12-24(31)27(33)25(32)13-21/h2-5,10-14,17-19H,6-9H2,1H3. The molecule has 0 saturated heterocycles. The number of benzene rings is 3. The maximum atomic E-state index is 14.7. The molecule has 0 N–H and O–H groups in total. The molecule has 0 spiro atoms. The molecule has 2 aliphatic rings. The lowest BCUT2D eigenvalue weighted by molar-refractivity contribution is -0.189. The van der Waals surface area contributed by atoms with Crippen molar-refractivity contribution < 1.29 is 35.5 Å². The topological polar surface area (TPSA) is 9.23 Å². The minimum Gasteiger partial charge on any atom is -0.429 e. The third-order valence-electron chi connectivity index (χ3n) is 7.50. The van der Waals surface area contributed by atoms with Gasteiger partial charge < -0.3 is 4.74 Å². The number of hydrogen-bond donors (Lipinski definition) is 0. The molecule has 2 unspecified atom stereocenters. The first-order valence-electron chi connectivity index (χ1n) is 11.8. The highest BCUT2D eigenvalue weighted by Crippen LogP contribution is 2.52. The molecule has 0 aromatic heterocycles. The number of ether oxygens (including phenoxy) is 1. The highest BCUT2D eigenvalue weighted by atomic mass is 19.3. The Morgan fingerprint density at radius 1 is 0.694 bits per heavy atom. The fourth-order valence-electron chi connectivity index (χ4n) is 5.95. The van der Waals surface area contributed by atoms with Crippen molar-refractivity contribution in [1.29, 1.82) is 0 Å². The van der Waals surface area contributed by atoms with Crippen LogP contribution >= 0.6 is 0 Å². The van der Waals surface area contributed by atoms with Gasteiger partial charge in [-0.25, -0.2) is 22.0 Å². The minimum atomic E-state index is -4.62. The zero-order chi connectivity index (χ0) is 25.8. The lowest BCUT2D eigenvalue weighted by Crippen LogP contribution is -2.25. The minimum absolute atomic E-state index is 0.0482. The first-order valence-corrected chi connectivity index (χ1v) is 11.8. The summed E-state index contributed by atoms with van der Waals surface area (Å²) in [5.74, 6) is -7.07. The van der Waals surface area contributed by atoms with E-state index in [1.54, 1.807) is 12.1 Å². The predicted molar refractivity (Wildman–Crippen MR) is 120 cm³/mol. The van der Waals surface area contributed by atoms with Crippen LogP contribution in [0.15, 0.2) is 48.5 Å². The molecule has 0 aliphatic heterocycles. The third-order valence-corrected chi connectivity index (χ3v) is 7.50. The second-order valence-electron chi connectivity index (χ2n) is 10.0. The molecule has 0 amide bonds. The summed E-state index contributed by atoms with van der Waals surface area (Å²) >= 11 is 0. The summed E-state index contributed by atoms with van der Waals surface area (Å²) in [4.78, 5) is 0. The molecule has 0 heterocycles. The third kappa shape index (κ3) is 4.58. The molecule has 5 rings (SSSR count). The van der Waals surface area contributed by atoms with Gasteiger partial charge in [0.15, 0.2) is 17.5 Å². The summed E-state index contributed by atoms with van der Waals surface area (Å²) in [6, 6.07) is 9.05. The Hall–Kier alpha value is -3.03. The molecule has 3 aromatic rings. The van der Waals surface area contributed by atoms with E-state index >= 15 is 0 Å². The van der Waals surface area contributed by atoms with Gasteiger partial charge in [-0.1, -0.05) is 31.2 Å². The van der Waals surface area contributed by atoms with Crippen molar-refractivity contribution in [2.24, 2.45) is 17.8 Å². The average Bonchev–Trinajstić information content (AvgIpc) is 3.34. The highest BCUT2D eigenvalue weighted by Gasteiger charge is 2.42. The van der Waals surface area contributed by atoms with Crippen LogP contribution in [0.25, 0.3) is 11.1 Å². The van der Waals surface area contributed by atoms with Gasteiger partial charge in [-0.3, -0.25) is 0 Å². The second-order valence-corrected chi connectivity index (χ2v) is 10.0. The molecule has 36 heavy (non-hydrogen) atoms. The van der Waals surface area contributed by atoms with E-state index in [0.717, 1.165) is 48.3 Å². The zero-order valence-corrected chi connectivity index (χ0v) is 19.3. The van der Waals surface area contributed by atoms with Gasteiger partial charge in [0.2, 0.25) is 0 Å². The summed E-state index contributed by atoms with van der Waals surface area (Å²) in [5.41, 5.74) is -0.0780. The quantitative estimate of drug-likeness (QED) is 0.247. The van der Waals surface area contributed by atoms with Crippen LogP contribution in [0.5, 0.6) is 5.75 Å². The van der Waals surface area contributed by atoms with Gasteiger partial charge in [-0.15, -0.1) is 0 Å². The number of rotatable bonds is 5. The Kier molecular flexibility index (Phi) is 6.25. The maximum Gasteiger partial charge on any atom is 0.432 e. The van der Waals surface area contributed by atoms with Crippen LogP contribution in [-0.2, 0) is 6.11 Å². The van der Waals surface area contributed by atoms with Crippen LogP contribution in [-0.4, -0.2) is 0 Å². The van der Waals surface area contributed by atoms with E-state index in [9.17, 15) is 30.7 Å². The number of hydrogen-bond acceptors (Lipinski definition) is 1. The van der Waals surface area contributed by atoms with Crippen molar-refractivity contribution in [2.75, 3.05) is 0 Å². The van der Waals surface area contributed by atoms with Gasteiger partial charge in [-0.05, 0) is 78.2 Å². The summed E-state index contributed by atoms with van der Waals surface area (Å²) in [6.45, 7) is 2.29. The smallest absolute Gasteiger partial charge is 0.429 e. The summed E-state index contributed by atoms with van der Waals surface area (Å²) in [6.07, 6.45) is 0.144. The van der Waals surface area contributed by atoms with Gasteiger partial charge >= 0.3 is 6.11 Å². The fourth-order valence-corrected chi connectivity index (χ4v) is 5.95. The van der Waals surface area contributed by atoms with E-state index < -0.39 is 46.5 Å². The van der Waals surface area contributed by atoms with Crippen molar-refractivity contribution in [3.05, 3.63) is 88.7 Å². The van der Waals surface area contributed by atoms with Crippen LogP contribution in [0, 0.1) is 46.8 Å². The number of fused-ring (bicyclic) bond motifs is 1. The molecule has 190 valence electrons. The van der Waals surface area contributed by atoms with Crippen molar-refractivity contribution in [2.45, 2.75) is 44.6 Å². The lowest BCUT2D eigenvalue weighted by Gasteiger charge is -2.20. The van der Waals surface area contributed by atoms with Gasteiger partial charge in [0.05, 0.1) is 0 Å². The SMILES string of the molecule is CC1CC2CC(c3ccc(-c4cc(F)c(C(F)(F)Oc5cc(F)c(F)c(F)c5)c(F)c4)cc3)CC2C1. The molecule has 2 fully saturated rings. The van der Waals surface area contributed by atoms with E-state index in [1.165, 1.54) is 12.8 Å². The monoisotopic (exact) mass is 508 g/mol. The largest absolute Gasteiger partial charge is 0.432 e. The Balaban J connectivity index is 1.36. The molecule has 0 radical (unpaired) electrons. The number of alkyl halides is 2. The number of halogens is 7. The van der Waals surface area contributed by atoms with Crippen LogP contribution in [0.4, 0.5) is 30.7 Å². The zero-order valence-electron chi connectivity index (χ0n) is 19.3. The maximum absolute atomic E-state index is 14.7. The van der Waals surface area contributed by atoms with Gasteiger partial charge in [0.1, 0.15) is 22.9 Å². The first kappa shape index (κ1) is 24.7. The molecule has 2 aliphatic carbocycles. The molecular formula is C28H23F7O. The van der Waals surface area contributed by atoms with Crippen LogP contribution in [0.3, 0.4) is 0 Å². The summed E-state index contributed by atoms with van der Waals surface area (Å²) in [7, 11) is 0. The summed E-state index contributed by atoms with van der Waals surface area (Å²) in [5, 5.41) is 0. The van der Waals surface area contributed by atoms with Crippen molar-refractivity contribution in [3.63, 3.8) is 0 Å². The molecule has 2 atom stereocenters. The van der Waals surface area contributed by atoms with Gasteiger partial charge in [0, 0.05) is 12.1 Å². The average molecular weight is 508 g/mol. The normalized spacial score (nSPS) is 23.7. The van der Waals surface area contributed by atoms with Gasteiger partial charge in [-0.2, -0.15) is 8.78 Å². The van der Waals surface area contributed by atoms with E-state index in [-0.39, 0.29) is 17.7 Å². The highest BCUT2D eigenvalue weighted by molar-refractivity contribution is 5.64. The molecule has 3 aromatic carbocycles. The second kappa shape index (κ2) is 9.12. The van der Waals surface area contributed by atoms with Crippen molar-refractivity contribution >= 4 is 0 Å². The molecule has 8 heteroatoms. The van der Waals surface area contributed by atoms with Crippen LogP contribution in [0.1, 0.15) is 49.7 Å². The Morgan fingerprint density at radius 3 is 1.75 bits per heavy atom. The van der Waals surface area contributed by atoms with E-state index in [4.69, 9.17) is 0 Å². The molecule has 0 bridgehead atoms. The van der Waals surface area contributed by atoms with E-state index in [1.807, 2.05) is 12.1 Å². The molecule has 1 nitrogen and oxygen atoms in total. The Labute approximate surface area is 203 Å². The first-order chi connectivity index (χ1) is 17.0. The van der Waals surface area contributed by atoms with E-state index in [2.05, 4.69) is 11.7 Å². The molecule has 2 saturated carbocycles. The lowest BCUT2D eigenvalue weighted by atomic mass is 9.91. The van der Waals surface area contributed by atoms with Crippen molar-refractivity contribution in [1.82, 2.24) is 0 Å². The van der Waals surface area contributed by atoms with Crippen molar-refractivity contribution in [3.8, 4) is 16.9 Å². The Morgan fingerprint density at radius 2 is 1.22 bits per heavy atom. The van der Waals surface area contributed by atoms with E-state index in [0.29, 0.717) is 11.5 Å².